The molecule has 1 aliphatic carbocycles. The van der Waals surface area contributed by atoms with Crippen molar-refractivity contribution < 1.29 is 24.5 Å². The summed E-state index contributed by atoms with van der Waals surface area (Å²) in [5.74, 6) is -1.11. The third kappa shape index (κ3) is 2.72. The summed E-state index contributed by atoms with van der Waals surface area (Å²) in [6, 6.07) is 0. The largest absolute Gasteiger partial charge is 0.511 e. The van der Waals surface area contributed by atoms with E-state index in [-0.39, 0.29) is 42.3 Å². The predicted octanol–water partition coefficient (Wildman–Crippen LogP) is 1.30. The molecule has 0 spiro atoms. The SMILES string of the molecule is CCC(=O)C1=C(O)CC(O)(C2CCOCC2)CC1=O. The van der Waals surface area contributed by atoms with Crippen molar-refractivity contribution in [1.29, 1.82) is 0 Å². The Morgan fingerprint density at radius 3 is 2.53 bits per heavy atom. The first-order valence-electron chi connectivity index (χ1n) is 6.76. The monoisotopic (exact) mass is 268 g/mol. The molecule has 0 aromatic rings. The zero-order valence-corrected chi connectivity index (χ0v) is 11.1. The van der Waals surface area contributed by atoms with Crippen molar-refractivity contribution in [3.8, 4) is 0 Å². The van der Waals surface area contributed by atoms with Gasteiger partial charge in [-0.3, -0.25) is 9.59 Å². The lowest BCUT2D eigenvalue weighted by Gasteiger charge is -2.40. The van der Waals surface area contributed by atoms with E-state index in [1.54, 1.807) is 6.92 Å². The standard InChI is InChI=1S/C14H20O5/c1-2-10(15)13-11(16)7-14(18,8-12(13)17)9-3-5-19-6-4-9/h9,16,18H,2-8H2,1H3. The average Bonchev–Trinajstić information content (AvgIpc) is 2.38. The normalized spacial score (nSPS) is 29.7. The molecule has 2 aliphatic rings. The molecule has 0 saturated carbocycles. The molecular formula is C14H20O5. The van der Waals surface area contributed by atoms with Crippen LogP contribution in [0.15, 0.2) is 11.3 Å². The Morgan fingerprint density at radius 1 is 1.37 bits per heavy atom. The van der Waals surface area contributed by atoms with Gasteiger partial charge in [0, 0.05) is 32.5 Å². The van der Waals surface area contributed by atoms with E-state index in [0.29, 0.717) is 26.1 Å². The Labute approximate surface area is 112 Å². The molecule has 2 N–H and O–H groups in total. The molecule has 0 amide bonds. The number of ether oxygens (including phenoxy) is 1. The number of hydrogen-bond donors (Lipinski definition) is 2. The first-order valence-corrected chi connectivity index (χ1v) is 6.76. The number of rotatable bonds is 3. The lowest BCUT2D eigenvalue weighted by atomic mass is 9.71. The fourth-order valence-corrected chi connectivity index (χ4v) is 2.99. The Morgan fingerprint density at radius 2 is 2.00 bits per heavy atom. The Hall–Kier alpha value is -1.20. The molecule has 0 bridgehead atoms. The van der Waals surface area contributed by atoms with Crippen LogP contribution in [0.5, 0.6) is 0 Å². The van der Waals surface area contributed by atoms with Crippen molar-refractivity contribution in [2.24, 2.45) is 5.92 Å². The summed E-state index contributed by atoms with van der Waals surface area (Å²) in [7, 11) is 0. The van der Waals surface area contributed by atoms with Crippen LogP contribution in [0.3, 0.4) is 0 Å². The zero-order chi connectivity index (χ0) is 14.0. The number of carbonyl (C=O) groups excluding carboxylic acids is 2. The summed E-state index contributed by atoms with van der Waals surface area (Å²) < 4.78 is 5.24. The van der Waals surface area contributed by atoms with Gasteiger partial charge in [0.15, 0.2) is 11.6 Å². The van der Waals surface area contributed by atoms with Gasteiger partial charge in [0.2, 0.25) is 0 Å². The number of aliphatic hydroxyl groups excluding tert-OH is 1. The summed E-state index contributed by atoms with van der Waals surface area (Å²) in [5.41, 5.74) is -1.35. The number of Topliss-reactive ketones (excluding diaryl/α,β-unsaturated/α-hetero) is 2. The Bertz CT molecular complexity index is 420. The lowest BCUT2D eigenvalue weighted by Crippen LogP contribution is -2.46. The molecule has 106 valence electrons. The second-order valence-corrected chi connectivity index (χ2v) is 5.37. The van der Waals surface area contributed by atoms with Gasteiger partial charge >= 0.3 is 0 Å². The highest BCUT2D eigenvalue weighted by atomic mass is 16.5. The van der Waals surface area contributed by atoms with Gasteiger partial charge < -0.3 is 14.9 Å². The van der Waals surface area contributed by atoms with Crippen LogP contribution in [0.1, 0.15) is 39.0 Å². The molecule has 1 heterocycles. The zero-order valence-electron chi connectivity index (χ0n) is 11.1. The van der Waals surface area contributed by atoms with E-state index < -0.39 is 11.4 Å². The third-order valence-electron chi connectivity index (χ3n) is 4.09. The van der Waals surface area contributed by atoms with Crippen LogP contribution in [0, 0.1) is 5.92 Å². The van der Waals surface area contributed by atoms with Gasteiger partial charge in [0.25, 0.3) is 0 Å². The molecule has 5 nitrogen and oxygen atoms in total. The van der Waals surface area contributed by atoms with Crippen molar-refractivity contribution >= 4 is 11.6 Å². The molecule has 1 fully saturated rings. The van der Waals surface area contributed by atoms with Gasteiger partial charge in [-0.2, -0.15) is 0 Å². The number of ketones is 2. The van der Waals surface area contributed by atoms with E-state index in [9.17, 15) is 19.8 Å². The van der Waals surface area contributed by atoms with E-state index in [0.717, 1.165) is 0 Å². The quantitative estimate of drug-likeness (QED) is 0.754. The van der Waals surface area contributed by atoms with Crippen LogP contribution in [-0.4, -0.2) is 40.6 Å². The fraction of sp³-hybridized carbons (Fsp3) is 0.714. The van der Waals surface area contributed by atoms with Crippen molar-refractivity contribution in [2.45, 2.75) is 44.6 Å². The maximum Gasteiger partial charge on any atom is 0.172 e. The van der Waals surface area contributed by atoms with E-state index in [1.807, 2.05) is 0 Å². The highest BCUT2D eigenvalue weighted by Crippen LogP contribution is 2.39. The molecule has 19 heavy (non-hydrogen) atoms. The molecule has 0 aromatic carbocycles. The molecular weight excluding hydrogens is 248 g/mol. The van der Waals surface area contributed by atoms with Gasteiger partial charge in [0.05, 0.1) is 11.2 Å². The van der Waals surface area contributed by atoms with Crippen LogP contribution in [0.25, 0.3) is 0 Å². The molecule has 1 atom stereocenters. The summed E-state index contributed by atoms with van der Waals surface area (Å²) in [4.78, 5) is 23.7. The topological polar surface area (TPSA) is 83.8 Å². The molecule has 1 saturated heterocycles. The van der Waals surface area contributed by atoms with Gasteiger partial charge in [-0.1, -0.05) is 6.92 Å². The van der Waals surface area contributed by atoms with Gasteiger partial charge in [-0.05, 0) is 18.8 Å². The van der Waals surface area contributed by atoms with Crippen molar-refractivity contribution in [2.75, 3.05) is 13.2 Å². The molecule has 0 aromatic heterocycles. The smallest absolute Gasteiger partial charge is 0.172 e. The third-order valence-corrected chi connectivity index (χ3v) is 4.09. The summed E-state index contributed by atoms with van der Waals surface area (Å²) in [5, 5.41) is 20.6. The lowest BCUT2D eigenvalue weighted by molar-refractivity contribution is -0.132. The Balaban J connectivity index is 2.22. The van der Waals surface area contributed by atoms with E-state index in [4.69, 9.17) is 4.74 Å². The highest BCUT2D eigenvalue weighted by Gasteiger charge is 2.45. The number of carbonyl (C=O) groups is 2. The van der Waals surface area contributed by atoms with E-state index in [2.05, 4.69) is 0 Å². The molecule has 1 unspecified atom stereocenters. The first kappa shape index (κ1) is 14.2. The summed E-state index contributed by atoms with van der Waals surface area (Å²) >= 11 is 0. The van der Waals surface area contributed by atoms with Crippen molar-refractivity contribution in [3.05, 3.63) is 11.3 Å². The summed E-state index contributed by atoms with van der Waals surface area (Å²) in [6.07, 6.45) is 1.44. The number of allylic oxidation sites excluding steroid dienone is 1. The maximum atomic E-state index is 12.0. The number of hydrogen-bond acceptors (Lipinski definition) is 5. The van der Waals surface area contributed by atoms with Crippen LogP contribution in [-0.2, 0) is 14.3 Å². The van der Waals surface area contributed by atoms with Crippen LogP contribution < -0.4 is 0 Å². The van der Waals surface area contributed by atoms with E-state index in [1.165, 1.54) is 0 Å². The molecule has 2 rings (SSSR count). The second-order valence-electron chi connectivity index (χ2n) is 5.37. The van der Waals surface area contributed by atoms with Crippen LogP contribution >= 0.6 is 0 Å². The van der Waals surface area contributed by atoms with Gasteiger partial charge in [-0.25, -0.2) is 0 Å². The van der Waals surface area contributed by atoms with E-state index >= 15 is 0 Å². The number of aliphatic hydroxyl groups is 2. The van der Waals surface area contributed by atoms with Crippen LogP contribution in [0.4, 0.5) is 0 Å². The van der Waals surface area contributed by atoms with Gasteiger partial charge in [-0.15, -0.1) is 0 Å². The summed E-state index contributed by atoms with van der Waals surface area (Å²) in [6.45, 7) is 2.77. The van der Waals surface area contributed by atoms with Crippen LogP contribution in [0.2, 0.25) is 0 Å². The molecule has 0 radical (unpaired) electrons. The fourth-order valence-electron chi connectivity index (χ4n) is 2.99. The minimum atomic E-state index is -1.23. The Kier molecular flexibility index (Phi) is 4.06. The van der Waals surface area contributed by atoms with Gasteiger partial charge in [0.1, 0.15) is 5.76 Å². The molecule has 1 aliphatic heterocycles. The minimum Gasteiger partial charge on any atom is -0.511 e. The van der Waals surface area contributed by atoms with Crippen molar-refractivity contribution in [3.63, 3.8) is 0 Å². The van der Waals surface area contributed by atoms with Crippen molar-refractivity contribution in [1.82, 2.24) is 0 Å². The maximum absolute atomic E-state index is 12.0. The predicted molar refractivity (Wildman–Crippen MR) is 67.7 cm³/mol. The molecule has 5 heteroatoms. The second kappa shape index (κ2) is 5.43. The average molecular weight is 268 g/mol. The first-order chi connectivity index (χ1) is 8.98. The minimum absolute atomic E-state index is 0.00944. The highest BCUT2D eigenvalue weighted by molar-refractivity contribution is 6.21.